The smallest absolute Gasteiger partial charge is 0.358 e. The van der Waals surface area contributed by atoms with E-state index in [1.54, 1.807) is 6.20 Å². The molecule has 0 aromatic carbocycles. The van der Waals surface area contributed by atoms with Crippen LogP contribution in [-0.4, -0.2) is 38.3 Å². The van der Waals surface area contributed by atoms with Crippen molar-refractivity contribution >= 4 is 28.1 Å². The van der Waals surface area contributed by atoms with Crippen LogP contribution in [0.1, 0.15) is 28.9 Å². The van der Waals surface area contributed by atoms with Crippen molar-refractivity contribution in [3.05, 3.63) is 33.7 Å². The van der Waals surface area contributed by atoms with Crippen molar-refractivity contribution in [3.8, 4) is 0 Å². The van der Waals surface area contributed by atoms with Crippen molar-refractivity contribution < 1.29 is 9.72 Å². The fourth-order valence-corrected chi connectivity index (χ4v) is 3.30. The highest BCUT2D eigenvalue weighted by molar-refractivity contribution is 7.17. The van der Waals surface area contributed by atoms with Crippen LogP contribution in [-0.2, 0) is 6.54 Å². The molecular formula is C13H15N5O3S. The zero-order chi connectivity index (χ0) is 15.5. The van der Waals surface area contributed by atoms with Gasteiger partial charge in [0.05, 0.1) is 17.6 Å². The maximum Gasteiger partial charge on any atom is 0.381 e. The molecule has 0 atom stereocenters. The molecule has 0 bridgehead atoms. The van der Waals surface area contributed by atoms with Gasteiger partial charge in [-0.25, -0.2) is 4.98 Å². The first kappa shape index (κ1) is 14.6. The SMILES string of the molecule is O=C(Cn1cnc([N+](=O)[O-])c1)c1cnc(N2CCCCC2)s1. The normalized spacial score (nSPS) is 15.0. The molecule has 0 amide bonds. The number of piperidine rings is 1. The minimum Gasteiger partial charge on any atom is -0.358 e. The third kappa shape index (κ3) is 3.14. The largest absolute Gasteiger partial charge is 0.381 e. The quantitative estimate of drug-likeness (QED) is 0.475. The molecule has 0 radical (unpaired) electrons. The predicted molar refractivity (Wildman–Crippen MR) is 81.4 cm³/mol. The van der Waals surface area contributed by atoms with Crippen LogP contribution in [0.4, 0.5) is 10.9 Å². The summed E-state index contributed by atoms with van der Waals surface area (Å²) in [7, 11) is 0. The fourth-order valence-electron chi connectivity index (χ4n) is 2.40. The highest BCUT2D eigenvalue weighted by atomic mass is 32.1. The van der Waals surface area contributed by atoms with Crippen LogP contribution in [0, 0.1) is 10.1 Å². The number of ketones is 1. The van der Waals surface area contributed by atoms with E-state index in [1.807, 2.05) is 0 Å². The van der Waals surface area contributed by atoms with Gasteiger partial charge >= 0.3 is 5.82 Å². The summed E-state index contributed by atoms with van der Waals surface area (Å²) < 4.78 is 1.42. The summed E-state index contributed by atoms with van der Waals surface area (Å²) in [6.07, 6.45) is 7.69. The average molecular weight is 321 g/mol. The standard InChI is InChI=1S/C13H15N5O3S/c19-10(7-16-8-12(15-9-16)18(20)21)11-6-14-13(22-11)17-4-2-1-3-5-17/h6,8-9H,1-5,7H2. The van der Waals surface area contributed by atoms with E-state index in [9.17, 15) is 14.9 Å². The number of aromatic nitrogens is 3. The van der Waals surface area contributed by atoms with E-state index in [0.717, 1.165) is 31.1 Å². The lowest BCUT2D eigenvalue weighted by atomic mass is 10.1. The van der Waals surface area contributed by atoms with Crippen molar-refractivity contribution in [2.45, 2.75) is 25.8 Å². The number of anilines is 1. The molecule has 1 aliphatic heterocycles. The number of rotatable bonds is 5. The minimum absolute atomic E-state index is 0.0302. The van der Waals surface area contributed by atoms with Gasteiger partial charge in [0.1, 0.15) is 6.20 Å². The van der Waals surface area contributed by atoms with Gasteiger partial charge in [0.15, 0.2) is 10.9 Å². The molecular weight excluding hydrogens is 306 g/mol. The Bertz CT molecular complexity index is 689. The van der Waals surface area contributed by atoms with Gasteiger partial charge in [0.2, 0.25) is 6.33 Å². The number of carbonyl (C=O) groups is 1. The number of hydrogen-bond donors (Lipinski definition) is 0. The summed E-state index contributed by atoms with van der Waals surface area (Å²) in [5, 5.41) is 11.5. The predicted octanol–water partition coefficient (Wildman–Crippen LogP) is 2.12. The van der Waals surface area contributed by atoms with Gasteiger partial charge in [0, 0.05) is 13.1 Å². The Morgan fingerprint density at radius 3 is 2.77 bits per heavy atom. The van der Waals surface area contributed by atoms with E-state index < -0.39 is 4.92 Å². The van der Waals surface area contributed by atoms with Crippen molar-refractivity contribution in [1.29, 1.82) is 0 Å². The summed E-state index contributed by atoms with van der Waals surface area (Å²) in [6.45, 7) is 1.99. The van der Waals surface area contributed by atoms with Gasteiger partial charge in [0.25, 0.3) is 0 Å². The van der Waals surface area contributed by atoms with Crippen LogP contribution < -0.4 is 4.90 Å². The Balaban J connectivity index is 1.66. The maximum atomic E-state index is 12.2. The second-order valence-electron chi connectivity index (χ2n) is 5.14. The summed E-state index contributed by atoms with van der Waals surface area (Å²) in [4.78, 5) is 32.9. The van der Waals surface area contributed by atoms with Crippen molar-refractivity contribution in [2.24, 2.45) is 0 Å². The van der Waals surface area contributed by atoms with Crippen LogP contribution in [0.25, 0.3) is 0 Å². The van der Waals surface area contributed by atoms with Crippen LogP contribution in [0.2, 0.25) is 0 Å². The first-order valence-corrected chi connectivity index (χ1v) is 7.85. The van der Waals surface area contributed by atoms with Crippen molar-refractivity contribution in [2.75, 3.05) is 18.0 Å². The molecule has 1 aliphatic rings. The van der Waals surface area contributed by atoms with Gasteiger partial charge in [-0.3, -0.25) is 4.79 Å². The molecule has 0 unspecified atom stereocenters. The first-order valence-electron chi connectivity index (χ1n) is 7.03. The number of nitro groups is 1. The van der Waals surface area contributed by atoms with Gasteiger partial charge < -0.3 is 19.6 Å². The van der Waals surface area contributed by atoms with E-state index in [1.165, 1.54) is 34.8 Å². The Kier molecular flexibility index (Phi) is 4.14. The van der Waals surface area contributed by atoms with E-state index in [2.05, 4.69) is 14.9 Å². The third-order valence-corrected chi connectivity index (χ3v) is 4.63. The molecule has 2 aromatic heterocycles. The Morgan fingerprint density at radius 2 is 2.09 bits per heavy atom. The molecule has 116 valence electrons. The Morgan fingerprint density at radius 1 is 1.32 bits per heavy atom. The number of nitrogens with zero attached hydrogens (tertiary/aromatic N) is 5. The number of hydrogen-bond acceptors (Lipinski definition) is 7. The van der Waals surface area contributed by atoms with E-state index in [0.29, 0.717) is 4.88 Å². The zero-order valence-electron chi connectivity index (χ0n) is 11.8. The average Bonchev–Trinajstić information content (AvgIpc) is 3.17. The summed E-state index contributed by atoms with van der Waals surface area (Å²) >= 11 is 1.38. The molecule has 22 heavy (non-hydrogen) atoms. The third-order valence-electron chi connectivity index (χ3n) is 3.53. The molecule has 2 aromatic rings. The maximum absolute atomic E-state index is 12.2. The lowest BCUT2D eigenvalue weighted by molar-refractivity contribution is -0.389. The topological polar surface area (TPSA) is 94.2 Å². The first-order chi connectivity index (χ1) is 10.6. The fraction of sp³-hybridized carbons (Fsp3) is 0.462. The highest BCUT2D eigenvalue weighted by Gasteiger charge is 2.18. The lowest BCUT2D eigenvalue weighted by Gasteiger charge is -2.25. The number of carbonyl (C=O) groups excluding carboxylic acids is 1. The van der Waals surface area contributed by atoms with Crippen molar-refractivity contribution in [3.63, 3.8) is 0 Å². The van der Waals surface area contributed by atoms with Gasteiger partial charge in [-0.1, -0.05) is 11.3 Å². The summed E-state index contributed by atoms with van der Waals surface area (Å²) in [5.41, 5.74) is 0. The van der Waals surface area contributed by atoms with E-state index in [-0.39, 0.29) is 18.1 Å². The van der Waals surface area contributed by atoms with Crippen molar-refractivity contribution in [1.82, 2.24) is 14.5 Å². The van der Waals surface area contributed by atoms with Gasteiger partial charge in [-0.2, -0.15) is 0 Å². The van der Waals surface area contributed by atoms with Crippen LogP contribution in [0.15, 0.2) is 18.7 Å². The molecule has 0 spiro atoms. The number of thiazole rings is 1. The summed E-state index contributed by atoms with van der Waals surface area (Å²) in [5.74, 6) is -0.376. The lowest BCUT2D eigenvalue weighted by Crippen LogP contribution is -2.29. The molecule has 9 heteroatoms. The summed E-state index contributed by atoms with van der Waals surface area (Å²) in [6, 6.07) is 0. The van der Waals surface area contributed by atoms with Crippen LogP contribution in [0.3, 0.4) is 0 Å². The molecule has 0 aliphatic carbocycles. The molecule has 3 heterocycles. The van der Waals surface area contributed by atoms with E-state index >= 15 is 0 Å². The monoisotopic (exact) mass is 321 g/mol. The van der Waals surface area contributed by atoms with Crippen LogP contribution in [0.5, 0.6) is 0 Å². The van der Waals surface area contributed by atoms with Gasteiger partial charge in [-0.05, 0) is 29.2 Å². The van der Waals surface area contributed by atoms with Crippen LogP contribution >= 0.6 is 11.3 Å². The molecule has 3 rings (SSSR count). The second-order valence-corrected chi connectivity index (χ2v) is 6.15. The van der Waals surface area contributed by atoms with E-state index in [4.69, 9.17) is 0 Å². The molecule has 1 fully saturated rings. The Hall–Kier alpha value is -2.29. The second kappa shape index (κ2) is 6.22. The number of imidazole rings is 1. The highest BCUT2D eigenvalue weighted by Crippen LogP contribution is 2.26. The van der Waals surface area contributed by atoms with Gasteiger partial charge in [-0.15, -0.1) is 0 Å². The molecule has 8 nitrogen and oxygen atoms in total. The molecule has 1 saturated heterocycles. The zero-order valence-corrected chi connectivity index (χ0v) is 12.7. The molecule has 0 saturated carbocycles. The Labute approximate surface area is 130 Å². The minimum atomic E-state index is -0.581. The molecule has 0 N–H and O–H groups in total. The number of Topliss-reactive ketones (excluding diaryl/α,β-unsaturated/α-hetero) is 1.